The van der Waals surface area contributed by atoms with Gasteiger partial charge in [0.2, 0.25) is 0 Å². The maximum absolute atomic E-state index is 10.9. The second-order valence-electron chi connectivity index (χ2n) is 4.16. The average molecular weight is 246 g/mol. The molecule has 0 radical (unpaired) electrons. The normalized spacial score (nSPS) is 12.1. The Morgan fingerprint density at radius 1 is 1.50 bits per heavy atom. The first-order valence-electron chi connectivity index (χ1n) is 5.58. The molecule has 1 aromatic heterocycles. The highest BCUT2D eigenvalue weighted by molar-refractivity contribution is 5.46. The summed E-state index contributed by atoms with van der Waals surface area (Å²) in [5.74, 6) is 0. The summed E-state index contributed by atoms with van der Waals surface area (Å²) in [4.78, 5) is 10.5. The van der Waals surface area contributed by atoms with Crippen LogP contribution in [0, 0.1) is 17.0 Å². The Labute approximate surface area is 104 Å². The molecule has 18 heavy (non-hydrogen) atoms. The molecule has 1 heterocycles. The molecule has 2 N–H and O–H groups in total. The fourth-order valence-corrected chi connectivity index (χ4v) is 1.76. The molecule has 0 aliphatic heterocycles. The lowest BCUT2D eigenvalue weighted by atomic mass is 10.0. The largest absolute Gasteiger partial charge is 0.376 e. The summed E-state index contributed by atoms with van der Waals surface area (Å²) >= 11 is 0. The molecule has 0 bridgehead atoms. The van der Waals surface area contributed by atoms with Crippen molar-refractivity contribution in [2.24, 2.45) is 0 Å². The van der Waals surface area contributed by atoms with Gasteiger partial charge in [-0.05, 0) is 19.4 Å². The third-order valence-corrected chi connectivity index (χ3v) is 2.81. The number of aromatic amines is 1. The molecule has 6 nitrogen and oxygen atoms in total. The molecule has 2 rings (SSSR count). The number of hydrogen-bond donors (Lipinski definition) is 2. The monoisotopic (exact) mass is 246 g/mol. The van der Waals surface area contributed by atoms with Crippen LogP contribution in [0.4, 0.5) is 11.4 Å². The van der Waals surface area contributed by atoms with Crippen LogP contribution >= 0.6 is 0 Å². The van der Waals surface area contributed by atoms with Gasteiger partial charge in [-0.3, -0.25) is 15.2 Å². The highest BCUT2D eigenvalue weighted by Crippen LogP contribution is 2.25. The van der Waals surface area contributed by atoms with Gasteiger partial charge >= 0.3 is 0 Å². The molecule has 1 aromatic carbocycles. The Morgan fingerprint density at radius 2 is 2.28 bits per heavy atom. The van der Waals surface area contributed by atoms with Crippen LogP contribution in [-0.2, 0) is 0 Å². The van der Waals surface area contributed by atoms with E-state index in [4.69, 9.17) is 0 Å². The number of nitro benzene ring substituents is 1. The number of H-pyrrole nitrogens is 1. The number of aromatic nitrogens is 2. The molecular formula is C12H14N4O2. The van der Waals surface area contributed by atoms with Crippen molar-refractivity contribution in [1.29, 1.82) is 0 Å². The molecule has 1 atom stereocenters. The van der Waals surface area contributed by atoms with Gasteiger partial charge in [-0.25, -0.2) is 0 Å². The summed E-state index contributed by atoms with van der Waals surface area (Å²) in [7, 11) is 0. The molecule has 0 saturated carbocycles. The summed E-state index contributed by atoms with van der Waals surface area (Å²) in [5, 5.41) is 20.6. The number of anilines is 1. The zero-order chi connectivity index (χ0) is 13.1. The number of hydrogen-bond acceptors (Lipinski definition) is 4. The maximum Gasteiger partial charge on any atom is 0.272 e. The predicted molar refractivity (Wildman–Crippen MR) is 68.5 cm³/mol. The van der Waals surface area contributed by atoms with Crippen LogP contribution in [0.5, 0.6) is 0 Å². The molecule has 0 aliphatic rings. The topological polar surface area (TPSA) is 83.8 Å². The number of aryl methyl sites for hydroxylation is 1. The van der Waals surface area contributed by atoms with Gasteiger partial charge in [0.15, 0.2) is 0 Å². The van der Waals surface area contributed by atoms with Gasteiger partial charge in [0.25, 0.3) is 5.69 Å². The SMILES string of the molecule is Cc1ccc(C(C)Nc2cn[nH]c2)cc1[N+](=O)[O-]. The average Bonchev–Trinajstić information content (AvgIpc) is 2.81. The summed E-state index contributed by atoms with van der Waals surface area (Å²) < 4.78 is 0. The number of benzene rings is 1. The minimum atomic E-state index is -0.358. The Balaban J connectivity index is 2.22. The van der Waals surface area contributed by atoms with Crippen molar-refractivity contribution >= 4 is 11.4 Å². The van der Waals surface area contributed by atoms with E-state index in [-0.39, 0.29) is 16.7 Å². The first-order valence-corrected chi connectivity index (χ1v) is 5.58. The van der Waals surface area contributed by atoms with Gasteiger partial charge < -0.3 is 5.32 Å². The van der Waals surface area contributed by atoms with E-state index < -0.39 is 0 Å². The Hall–Kier alpha value is -2.37. The van der Waals surface area contributed by atoms with Crippen molar-refractivity contribution in [3.05, 3.63) is 51.8 Å². The molecule has 1 unspecified atom stereocenters. The van der Waals surface area contributed by atoms with E-state index in [1.807, 2.05) is 13.0 Å². The molecule has 0 saturated heterocycles. The second kappa shape index (κ2) is 4.87. The summed E-state index contributed by atoms with van der Waals surface area (Å²) in [6.45, 7) is 3.68. The van der Waals surface area contributed by atoms with Gasteiger partial charge in [0.1, 0.15) is 0 Å². The summed E-state index contributed by atoms with van der Waals surface area (Å²) in [6.07, 6.45) is 3.40. The molecule has 0 fully saturated rings. The smallest absolute Gasteiger partial charge is 0.272 e. The standard InChI is InChI=1S/C12H14N4O2/c1-8-3-4-10(5-12(8)16(17)18)9(2)15-11-6-13-14-7-11/h3-7,9,15H,1-2H3,(H,13,14). The van der Waals surface area contributed by atoms with E-state index in [0.29, 0.717) is 5.56 Å². The van der Waals surface area contributed by atoms with E-state index >= 15 is 0 Å². The van der Waals surface area contributed by atoms with Crippen molar-refractivity contribution < 1.29 is 4.92 Å². The van der Waals surface area contributed by atoms with Crippen LogP contribution in [0.1, 0.15) is 24.1 Å². The van der Waals surface area contributed by atoms with Crippen LogP contribution in [-0.4, -0.2) is 15.1 Å². The van der Waals surface area contributed by atoms with Gasteiger partial charge in [-0.1, -0.05) is 12.1 Å². The molecule has 0 aliphatic carbocycles. The molecule has 0 amide bonds. The quantitative estimate of drug-likeness (QED) is 0.641. The lowest BCUT2D eigenvalue weighted by Gasteiger charge is -2.14. The van der Waals surface area contributed by atoms with Crippen molar-refractivity contribution in [2.45, 2.75) is 19.9 Å². The van der Waals surface area contributed by atoms with Gasteiger partial charge in [0.05, 0.1) is 16.8 Å². The van der Waals surface area contributed by atoms with E-state index in [1.54, 1.807) is 31.5 Å². The van der Waals surface area contributed by atoms with Crippen LogP contribution in [0.15, 0.2) is 30.6 Å². The van der Waals surface area contributed by atoms with Crippen molar-refractivity contribution in [2.75, 3.05) is 5.32 Å². The van der Waals surface area contributed by atoms with Gasteiger partial charge in [-0.15, -0.1) is 0 Å². The first-order chi connectivity index (χ1) is 8.58. The number of nitro groups is 1. The highest BCUT2D eigenvalue weighted by atomic mass is 16.6. The lowest BCUT2D eigenvalue weighted by Crippen LogP contribution is -2.06. The first kappa shape index (κ1) is 12.1. The number of nitrogens with one attached hydrogen (secondary N) is 2. The minimum Gasteiger partial charge on any atom is -0.376 e. The van der Waals surface area contributed by atoms with Crippen LogP contribution < -0.4 is 5.32 Å². The molecule has 0 spiro atoms. The lowest BCUT2D eigenvalue weighted by molar-refractivity contribution is -0.385. The second-order valence-corrected chi connectivity index (χ2v) is 4.16. The molecule has 6 heteroatoms. The summed E-state index contributed by atoms with van der Waals surface area (Å²) in [6, 6.07) is 5.23. The molecule has 2 aromatic rings. The molecule has 94 valence electrons. The van der Waals surface area contributed by atoms with Crippen LogP contribution in [0.3, 0.4) is 0 Å². The fourth-order valence-electron chi connectivity index (χ4n) is 1.76. The Bertz CT molecular complexity index is 551. The number of nitrogens with zero attached hydrogens (tertiary/aromatic N) is 2. The van der Waals surface area contributed by atoms with Gasteiger partial charge in [0, 0.05) is 23.9 Å². The van der Waals surface area contributed by atoms with Gasteiger partial charge in [-0.2, -0.15) is 5.10 Å². The Morgan fingerprint density at radius 3 is 2.89 bits per heavy atom. The van der Waals surface area contributed by atoms with Crippen LogP contribution in [0.2, 0.25) is 0 Å². The third kappa shape index (κ3) is 2.48. The van der Waals surface area contributed by atoms with E-state index in [0.717, 1.165) is 11.3 Å². The minimum absolute atomic E-state index is 0.0260. The van der Waals surface area contributed by atoms with Crippen molar-refractivity contribution in [1.82, 2.24) is 10.2 Å². The van der Waals surface area contributed by atoms with E-state index in [2.05, 4.69) is 15.5 Å². The third-order valence-electron chi connectivity index (χ3n) is 2.81. The highest BCUT2D eigenvalue weighted by Gasteiger charge is 2.14. The van der Waals surface area contributed by atoms with Crippen molar-refractivity contribution in [3.8, 4) is 0 Å². The zero-order valence-corrected chi connectivity index (χ0v) is 10.2. The maximum atomic E-state index is 10.9. The fraction of sp³-hybridized carbons (Fsp3) is 0.250. The zero-order valence-electron chi connectivity index (χ0n) is 10.2. The Kier molecular flexibility index (Phi) is 3.27. The summed E-state index contributed by atoms with van der Waals surface area (Å²) in [5.41, 5.74) is 2.53. The van der Waals surface area contributed by atoms with E-state index in [9.17, 15) is 10.1 Å². The van der Waals surface area contributed by atoms with Crippen LogP contribution in [0.25, 0.3) is 0 Å². The molecular weight excluding hydrogens is 232 g/mol. The number of rotatable bonds is 4. The van der Waals surface area contributed by atoms with E-state index in [1.165, 1.54) is 0 Å². The predicted octanol–water partition coefficient (Wildman–Crippen LogP) is 2.80. The van der Waals surface area contributed by atoms with Crippen molar-refractivity contribution in [3.63, 3.8) is 0 Å².